The molecule has 2 aliphatic rings. The lowest BCUT2D eigenvalue weighted by atomic mass is 9.93. The Morgan fingerprint density at radius 3 is 1.31 bits per heavy atom. The summed E-state index contributed by atoms with van der Waals surface area (Å²) in [5.74, 6) is -6.00. The van der Waals surface area contributed by atoms with Crippen molar-refractivity contribution in [2.24, 2.45) is 0 Å². The zero-order valence-corrected chi connectivity index (χ0v) is 25.6. The van der Waals surface area contributed by atoms with E-state index in [-0.39, 0.29) is 0 Å². The molecule has 2 saturated heterocycles. The van der Waals surface area contributed by atoms with Gasteiger partial charge in [-0.1, -0.05) is 0 Å². The number of carbonyl (C=O) groups excluding carboxylic acids is 7. The smallest absolute Gasteiger partial charge is 0.303 e. The normalized spacial score (nSPS) is 30.8. The number of nitriles is 1. The van der Waals surface area contributed by atoms with Crippen molar-refractivity contribution in [1.82, 2.24) is 0 Å². The van der Waals surface area contributed by atoms with Crippen molar-refractivity contribution in [3.63, 3.8) is 0 Å². The molecule has 45 heavy (non-hydrogen) atoms. The molecule has 2 rings (SSSR count). The van der Waals surface area contributed by atoms with E-state index in [1.165, 1.54) is 0 Å². The van der Waals surface area contributed by atoms with Crippen LogP contribution in [0, 0.1) is 11.3 Å². The van der Waals surface area contributed by atoms with Gasteiger partial charge in [0.05, 0.1) is 6.07 Å². The fourth-order valence-electron chi connectivity index (χ4n) is 4.62. The molecule has 0 spiro atoms. The molecule has 0 bridgehead atoms. The number of carbonyl (C=O) groups is 7. The highest BCUT2D eigenvalue weighted by Gasteiger charge is 2.57. The lowest BCUT2D eigenvalue weighted by Crippen LogP contribution is -2.67. The monoisotopic (exact) mass is 645 g/mol. The number of hydrogen-bond acceptors (Lipinski definition) is 18. The highest BCUT2D eigenvalue weighted by molar-refractivity contribution is 5.69. The molecule has 2 heterocycles. The minimum absolute atomic E-state index is 0.574. The van der Waals surface area contributed by atoms with Gasteiger partial charge in [0, 0.05) is 48.5 Å². The van der Waals surface area contributed by atoms with E-state index in [0.717, 1.165) is 48.5 Å². The van der Waals surface area contributed by atoms with Crippen LogP contribution in [-0.2, 0) is 80.9 Å². The molecule has 250 valence electrons. The summed E-state index contributed by atoms with van der Waals surface area (Å²) in [7, 11) is 0. The summed E-state index contributed by atoms with van der Waals surface area (Å²) in [5.41, 5.74) is 0. The van der Waals surface area contributed by atoms with Crippen LogP contribution < -0.4 is 0 Å². The zero-order valence-electron chi connectivity index (χ0n) is 25.6. The van der Waals surface area contributed by atoms with Crippen LogP contribution in [0.5, 0.6) is 0 Å². The summed E-state index contributed by atoms with van der Waals surface area (Å²) >= 11 is 0. The molecule has 2 aliphatic heterocycles. The second kappa shape index (κ2) is 16.7. The van der Waals surface area contributed by atoms with E-state index in [1.54, 1.807) is 6.07 Å². The molecule has 0 unspecified atom stereocenters. The van der Waals surface area contributed by atoms with Gasteiger partial charge in [-0.15, -0.1) is 0 Å². The van der Waals surface area contributed by atoms with Gasteiger partial charge < -0.3 is 47.4 Å². The van der Waals surface area contributed by atoms with Crippen molar-refractivity contribution >= 4 is 41.8 Å². The lowest BCUT2D eigenvalue weighted by Gasteiger charge is -2.48. The largest absolute Gasteiger partial charge is 0.463 e. The first-order valence-corrected chi connectivity index (χ1v) is 13.5. The van der Waals surface area contributed by atoms with Gasteiger partial charge in [-0.2, -0.15) is 5.26 Å². The summed E-state index contributed by atoms with van der Waals surface area (Å²) < 4.78 is 54.7. The average Bonchev–Trinajstić information content (AvgIpc) is 2.90. The Hall–Kier alpha value is -4.34. The summed E-state index contributed by atoms with van der Waals surface area (Å²) in [5, 5.41) is 9.76. The first kappa shape index (κ1) is 36.8. The SMILES string of the molecule is CC(=O)OC[C@H]1O[C@@H](O[C@H]2[C@H](OC(C)=O)[C@@H](OC(C)=O)[C@H](C#N)O[C@@H]2COC(C)=O)[C@H](OC(C)=O)[C@@H](OC(C)=O)[C@H]1OC(C)=O. The van der Waals surface area contributed by atoms with Crippen LogP contribution in [-0.4, -0.2) is 116 Å². The van der Waals surface area contributed by atoms with Crippen LogP contribution in [0.15, 0.2) is 0 Å². The maximum absolute atomic E-state index is 12.2. The van der Waals surface area contributed by atoms with Crippen LogP contribution in [0.4, 0.5) is 0 Å². The van der Waals surface area contributed by atoms with E-state index in [1.807, 2.05) is 0 Å². The minimum Gasteiger partial charge on any atom is -0.463 e. The van der Waals surface area contributed by atoms with Crippen LogP contribution in [0.3, 0.4) is 0 Å². The Morgan fingerprint density at radius 1 is 0.511 bits per heavy atom. The summed E-state index contributed by atoms with van der Waals surface area (Å²) in [6.45, 7) is 6.15. The van der Waals surface area contributed by atoms with Gasteiger partial charge in [0.1, 0.15) is 31.5 Å². The van der Waals surface area contributed by atoms with Gasteiger partial charge in [-0.05, 0) is 0 Å². The Morgan fingerprint density at radius 2 is 0.889 bits per heavy atom. The van der Waals surface area contributed by atoms with Crippen molar-refractivity contribution in [1.29, 1.82) is 5.26 Å². The van der Waals surface area contributed by atoms with Crippen molar-refractivity contribution < 1.29 is 80.9 Å². The van der Waals surface area contributed by atoms with Gasteiger partial charge in [0.25, 0.3) is 0 Å². The highest BCUT2D eigenvalue weighted by atomic mass is 16.8. The maximum atomic E-state index is 12.2. The molecule has 0 aromatic heterocycles. The molecule has 10 atom stereocenters. The molecule has 0 aromatic carbocycles. The quantitative estimate of drug-likeness (QED) is 0.197. The van der Waals surface area contributed by atoms with E-state index < -0.39 is 116 Å². The highest BCUT2D eigenvalue weighted by Crippen LogP contribution is 2.35. The molecule has 0 aliphatic carbocycles. The van der Waals surface area contributed by atoms with E-state index in [0.29, 0.717) is 0 Å². The predicted molar refractivity (Wildman–Crippen MR) is 139 cm³/mol. The molecule has 0 saturated carbocycles. The second-order valence-electron chi connectivity index (χ2n) is 9.84. The van der Waals surface area contributed by atoms with Gasteiger partial charge in [0.2, 0.25) is 0 Å². The number of esters is 7. The second-order valence-corrected chi connectivity index (χ2v) is 9.84. The van der Waals surface area contributed by atoms with Crippen LogP contribution in [0.1, 0.15) is 48.5 Å². The summed E-state index contributed by atoms with van der Waals surface area (Å²) in [4.78, 5) is 83.8. The standard InChI is InChI=1S/C27H35NO17/c1-11(29)36-9-19-23(24(40-15(5)33)21(38-13(3)31)18(8-28)43-19)45-27-26(42-17(7)35)25(41-16(6)34)22(39-14(4)32)20(44-27)10-37-12(2)30/h18-27H,9-10H2,1-7H3/t18-,19+,20+,21-,22-,23+,24+,25-,26+,27-/m0/s1. The Balaban J connectivity index is 2.70. The average molecular weight is 646 g/mol. The fourth-order valence-corrected chi connectivity index (χ4v) is 4.62. The summed E-state index contributed by atoms with van der Waals surface area (Å²) in [6.07, 6.45) is -15.8. The lowest BCUT2D eigenvalue weighted by molar-refractivity contribution is -0.342. The first-order chi connectivity index (χ1) is 21.0. The zero-order chi connectivity index (χ0) is 34.0. The molecule has 0 amide bonds. The van der Waals surface area contributed by atoms with Gasteiger partial charge >= 0.3 is 41.8 Å². The molecule has 18 heteroatoms. The molecule has 0 radical (unpaired) electrons. The minimum atomic E-state index is -1.80. The third-order valence-electron chi connectivity index (χ3n) is 6.06. The summed E-state index contributed by atoms with van der Waals surface area (Å²) in [6, 6.07) is 1.78. The van der Waals surface area contributed by atoms with E-state index in [9.17, 15) is 38.8 Å². The van der Waals surface area contributed by atoms with Crippen molar-refractivity contribution in [2.45, 2.75) is 110 Å². The van der Waals surface area contributed by atoms with E-state index >= 15 is 0 Å². The number of hydrogen-bond donors (Lipinski definition) is 0. The van der Waals surface area contributed by atoms with Gasteiger partial charge in [-0.25, -0.2) is 0 Å². The Labute approximate surface area is 257 Å². The topological polar surface area (TPSA) is 236 Å². The third kappa shape index (κ3) is 11.0. The first-order valence-electron chi connectivity index (χ1n) is 13.5. The molecule has 0 aromatic rings. The predicted octanol–water partition coefficient (Wildman–Crippen LogP) is -0.828. The molecular weight excluding hydrogens is 610 g/mol. The van der Waals surface area contributed by atoms with E-state index in [2.05, 4.69) is 0 Å². The van der Waals surface area contributed by atoms with Crippen molar-refractivity contribution in [3.05, 3.63) is 0 Å². The van der Waals surface area contributed by atoms with Crippen LogP contribution in [0.2, 0.25) is 0 Å². The number of ether oxygens (including phenoxy) is 10. The van der Waals surface area contributed by atoms with Crippen LogP contribution >= 0.6 is 0 Å². The van der Waals surface area contributed by atoms with E-state index in [4.69, 9.17) is 47.4 Å². The van der Waals surface area contributed by atoms with Crippen LogP contribution in [0.25, 0.3) is 0 Å². The molecular formula is C27H35NO17. The molecule has 2 fully saturated rings. The van der Waals surface area contributed by atoms with Gasteiger partial charge in [0.15, 0.2) is 42.9 Å². The Kier molecular flexibility index (Phi) is 13.6. The maximum Gasteiger partial charge on any atom is 0.303 e. The third-order valence-corrected chi connectivity index (χ3v) is 6.06. The molecule has 0 N–H and O–H groups in total. The number of rotatable bonds is 11. The van der Waals surface area contributed by atoms with Crippen molar-refractivity contribution in [3.8, 4) is 6.07 Å². The molecule has 18 nitrogen and oxygen atoms in total. The fraction of sp³-hybridized carbons (Fsp3) is 0.704. The number of nitrogens with zero attached hydrogens (tertiary/aromatic N) is 1. The van der Waals surface area contributed by atoms with Gasteiger partial charge in [-0.3, -0.25) is 33.6 Å². The Bertz CT molecular complexity index is 1180. The van der Waals surface area contributed by atoms with Crippen molar-refractivity contribution in [2.75, 3.05) is 13.2 Å².